The summed E-state index contributed by atoms with van der Waals surface area (Å²) >= 11 is 5.13. The molecule has 1 saturated heterocycles. The lowest BCUT2D eigenvalue weighted by atomic mass is 10.3. The van der Waals surface area contributed by atoms with Gasteiger partial charge < -0.3 is 4.52 Å². The summed E-state index contributed by atoms with van der Waals surface area (Å²) in [5.41, 5.74) is 1.68. The maximum atomic E-state index is 12.8. The third-order valence-electron chi connectivity index (χ3n) is 3.92. The lowest BCUT2D eigenvalue weighted by Gasteiger charge is -2.33. The molecular weight excluding hydrogens is 402 g/mol. The normalized spacial score (nSPS) is 17.7. The van der Waals surface area contributed by atoms with E-state index in [4.69, 9.17) is 4.52 Å². The van der Waals surface area contributed by atoms with Crippen LogP contribution in [-0.2, 0) is 16.6 Å². The van der Waals surface area contributed by atoms with Crippen molar-refractivity contribution in [2.45, 2.75) is 25.3 Å². The van der Waals surface area contributed by atoms with Crippen LogP contribution < -0.4 is 0 Å². The molecule has 0 amide bonds. The van der Waals surface area contributed by atoms with Crippen molar-refractivity contribution in [2.75, 3.05) is 26.2 Å². The SMILES string of the molecule is Cc1noc(C)c1S(=O)(=O)N1CCN(Cc2csc(Br)c2)CC1. The van der Waals surface area contributed by atoms with Crippen molar-refractivity contribution < 1.29 is 12.9 Å². The third kappa shape index (κ3) is 3.53. The van der Waals surface area contributed by atoms with Crippen LogP contribution >= 0.6 is 27.3 Å². The van der Waals surface area contributed by atoms with Crippen LogP contribution in [0.2, 0.25) is 0 Å². The van der Waals surface area contributed by atoms with Crippen LogP contribution in [0.5, 0.6) is 0 Å². The maximum Gasteiger partial charge on any atom is 0.248 e. The fraction of sp³-hybridized carbons (Fsp3) is 0.500. The highest BCUT2D eigenvalue weighted by molar-refractivity contribution is 9.11. The number of rotatable bonds is 4. The standard InChI is InChI=1S/C14H18BrN3O3S2/c1-10-14(11(2)21-16-10)23(19,20)18-5-3-17(4-6-18)8-12-7-13(15)22-9-12/h7,9H,3-6,8H2,1-2H3. The number of piperazine rings is 1. The molecule has 3 heterocycles. The number of thiophene rings is 1. The zero-order chi connectivity index (χ0) is 16.6. The quantitative estimate of drug-likeness (QED) is 0.761. The molecule has 0 aromatic carbocycles. The van der Waals surface area contributed by atoms with Gasteiger partial charge in [-0.1, -0.05) is 5.16 Å². The summed E-state index contributed by atoms with van der Waals surface area (Å²) in [6, 6.07) is 2.11. The lowest BCUT2D eigenvalue weighted by molar-refractivity contribution is 0.181. The Labute approximate surface area is 148 Å². The Hall–Kier alpha value is -0.740. The summed E-state index contributed by atoms with van der Waals surface area (Å²) in [6.07, 6.45) is 0. The highest BCUT2D eigenvalue weighted by Gasteiger charge is 2.33. The average molecular weight is 420 g/mol. The number of nitrogens with zero attached hydrogens (tertiary/aromatic N) is 3. The van der Waals surface area contributed by atoms with Crippen molar-refractivity contribution in [1.82, 2.24) is 14.4 Å². The Morgan fingerprint density at radius 2 is 2.00 bits per heavy atom. The number of hydrogen-bond donors (Lipinski definition) is 0. The van der Waals surface area contributed by atoms with Gasteiger partial charge >= 0.3 is 0 Å². The molecule has 0 bridgehead atoms. The second-order valence-electron chi connectivity index (χ2n) is 5.59. The Morgan fingerprint density at radius 3 is 2.52 bits per heavy atom. The van der Waals surface area contributed by atoms with Gasteiger partial charge in [-0.3, -0.25) is 4.90 Å². The highest BCUT2D eigenvalue weighted by atomic mass is 79.9. The largest absolute Gasteiger partial charge is 0.360 e. The van der Waals surface area contributed by atoms with Gasteiger partial charge in [0.1, 0.15) is 10.6 Å². The highest BCUT2D eigenvalue weighted by Crippen LogP contribution is 2.25. The predicted octanol–water partition coefficient (Wildman–Crippen LogP) is 2.62. The van der Waals surface area contributed by atoms with Crippen molar-refractivity contribution in [1.29, 1.82) is 0 Å². The van der Waals surface area contributed by atoms with E-state index in [1.54, 1.807) is 25.2 Å². The van der Waals surface area contributed by atoms with Gasteiger partial charge in [0.05, 0.1) is 3.79 Å². The second-order valence-corrected chi connectivity index (χ2v) is 9.76. The van der Waals surface area contributed by atoms with E-state index in [0.717, 1.165) is 23.4 Å². The van der Waals surface area contributed by atoms with Crippen LogP contribution in [0, 0.1) is 13.8 Å². The Bertz CT molecular complexity index is 773. The minimum absolute atomic E-state index is 0.215. The zero-order valence-corrected chi connectivity index (χ0v) is 16.2. The smallest absolute Gasteiger partial charge is 0.248 e. The van der Waals surface area contributed by atoms with Crippen molar-refractivity contribution in [2.24, 2.45) is 0 Å². The van der Waals surface area contributed by atoms with Gasteiger partial charge in [0.25, 0.3) is 0 Å². The topological polar surface area (TPSA) is 66.7 Å². The van der Waals surface area contributed by atoms with Crippen LogP contribution in [0.4, 0.5) is 0 Å². The molecule has 3 rings (SSSR count). The molecule has 0 spiro atoms. The first-order valence-corrected chi connectivity index (χ1v) is 10.4. The van der Waals surface area contributed by atoms with E-state index in [9.17, 15) is 8.42 Å². The molecule has 0 atom stereocenters. The molecule has 126 valence electrons. The summed E-state index contributed by atoms with van der Waals surface area (Å²) < 4.78 is 33.2. The van der Waals surface area contributed by atoms with Gasteiger partial charge in [0, 0.05) is 32.7 Å². The summed E-state index contributed by atoms with van der Waals surface area (Å²) in [5, 5.41) is 5.88. The molecule has 9 heteroatoms. The van der Waals surface area contributed by atoms with Crippen molar-refractivity contribution >= 4 is 37.3 Å². The summed E-state index contributed by atoms with van der Waals surface area (Å²) in [6.45, 7) is 6.55. The first-order chi connectivity index (χ1) is 10.9. The van der Waals surface area contributed by atoms with Gasteiger partial charge in [-0.05, 0) is 46.8 Å². The van der Waals surface area contributed by atoms with E-state index in [-0.39, 0.29) is 4.90 Å². The number of sulfonamides is 1. The molecule has 2 aromatic heterocycles. The molecular formula is C14H18BrN3O3S2. The van der Waals surface area contributed by atoms with E-state index in [0.29, 0.717) is 24.5 Å². The van der Waals surface area contributed by atoms with Crippen LogP contribution in [0.3, 0.4) is 0 Å². The molecule has 1 aliphatic heterocycles. The summed E-state index contributed by atoms with van der Waals surface area (Å²) in [4.78, 5) is 2.49. The predicted molar refractivity (Wildman–Crippen MR) is 92.0 cm³/mol. The Balaban J connectivity index is 1.66. The molecule has 0 aliphatic carbocycles. The third-order valence-corrected chi connectivity index (χ3v) is 7.62. The molecule has 0 unspecified atom stereocenters. The van der Waals surface area contributed by atoms with Gasteiger partial charge in [-0.25, -0.2) is 8.42 Å². The molecule has 23 heavy (non-hydrogen) atoms. The van der Waals surface area contributed by atoms with Crippen LogP contribution in [0.1, 0.15) is 17.0 Å². The van der Waals surface area contributed by atoms with Crippen molar-refractivity contribution in [3.8, 4) is 0 Å². The first-order valence-electron chi connectivity index (χ1n) is 7.26. The second kappa shape index (κ2) is 6.64. The van der Waals surface area contributed by atoms with Gasteiger partial charge in [0.2, 0.25) is 10.0 Å². The van der Waals surface area contributed by atoms with Gasteiger partial charge in [-0.15, -0.1) is 11.3 Å². The van der Waals surface area contributed by atoms with E-state index < -0.39 is 10.0 Å². The van der Waals surface area contributed by atoms with Crippen LogP contribution in [0.15, 0.2) is 24.7 Å². The van der Waals surface area contributed by atoms with E-state index in [1.807, 2.05) is 0 Å². The van der Waals surface area contributed by atoms with E-state index >= 15 is 0 Å². The molecule has 1 aliphatic rings. The number of aryl methyl sites for hydroxylation is 2. The van der Waals surface area contributed by atoms with Crippen LogP contribution in [0.25, 0.3) is 0 Å². The van der Waals surface area contributed by atoms with E-state index in [2.05, 4.69) is 37.4 Å². The van der Waals surface area contributed by atoms with E-state index in [1.165, 1.54) is 9.87 Å². The number of aromatic nitrogens is 1. The summed E-state index contributed by atoms with van der Waals surface area (Å²) in [5.74, 6) is 0.355. The van der Waals surface area contributed by atoms with Gasteiger partial charge in [-0.2, -0.15) is 4.31 Å². The average Bonchev–Trinajstić information content (AvgIpc) is 3.05. The molecule has 0 N–H and O–H groups in total. The lowest BCUT2D eigenvalue weighted by Crippen LogP contribution is -2.48. The molecule has 1 fully saturated rings. The number of hydrogen-bond acceptors (Lipinski definition) is 6. The monoisotopic (exact) mass is 419 g/mol. The first kappa shape index (κ1) is 17.1. The zero-order valence-electron chi connectivity index (χ0n) is 13.0. The Kier molecular flexibility index (Phi) is 4.93. The summed E-state index contributed by atoms with van der Waals surface area (Å²) in [7, 11) is -3.53. The van der Waals surface area contributed by atoms with Crippen molar-refractivity contribution in [3.63, 3.8) is 0 Å². The van der Waals surface area contributed by atoms with Crippen LogP contribution in [-0.4, -0.2) is 49.0 Å². The minimum Gasteiger partial charge on any atom is -0.360 e. The Morgan fingerprint density at radius 1 is 1.30 bits per heavy atom. The fourth-order valence-electron chi connectivity index (χ4n) is 2.79. The molecule has 6 nitrogen and oxygen atoms in total. The molecule has 2 aromatic rings. The van der Waals surface area contributed by atoms with Gasteiger partial charge in [0.15, 0.2) is 5.76 Å². The molecule has 0 radical (unpaired) electrons. The maximum absolute atomic E-state index is 12.8. The van der Waals surface area contributed by atoms with Crippen molar-refractivity contribution in [3.05, 3.63) is 32.3 Å². The molecule has 0 saturated carbocycles. The number of halogens is 1. The minimum atomic E-state index is -3.53. The fourth-order valence-corrected chi connectivity index (χ4v) is 5.70.